The molecule has 1 aromatic heterocycles. The fourth-order valence-corrected chi connectivity index (χ4v) is 3.50. The van der Waals surface area contributed by atoms with Crippen LogP contribution in [0.3, 0.4) is 0 Å². The van der Waals surface area contributed by atoms with E-state index in [0.717, 1.165) is 12.3 Å². The zero-order valence-electron chi connectivity index (χ0n) is 15.9. The number of sulfonamides is 1. The van der Waals surface area contributed by atoms with E-state index in [1.807, 2.05) is 0 Å². The predicted octanol–water partition coefficient (Wildman–Crippen LogP) is 4.82. The predicted molar refractivity (Wildman–Crippen MR) is 105 cm³/mol. The number of rotatable bonds is 4. The number of aromatic nitrogens is 2. The van der Waals surface area contributed by atoms with Gasteiger partial charge in [-0.3, -0.25) is 0 Å². The number of alkyl halides is 3. The third-order valence-corrected chi connectivity index (χ3v) is 5.32. The van der Waals surface area contributed by atoms with Crippen molar-refractivity contribution in [1.82, 2.24) is 9.78 Å². The van der Waals surface area contributed by atoms with Gasteiger partial charge in [0.05, 0.1) is 4.90 Å². The van der Waals surface area contributed by atoms with Gasteiger partial charge in [-0.05, 0) is 43.2 Å². The molecule has 0 bridgehead atoms. The summed E-state index contributed by atoms with van der Waals surface area (Å²) in [5.74, 6) is -0.657. The van der Waals surface area contributed by atoms with Crippen molar-refractivity contribution in [2.45, 2.75) is 24.9 Å². The Hall–Kier alpha value is -2.98. The lowest BCUT2D eigenvalue weighted by Crippen LogP contribution is -2.12. The van der Waals surface area contributed by atoms with E-state index in [-0.39, 0.29) is 32.8 Å². The van der Waals surface area contributed by atoms with Gasteiger partial charge in [0.2, 0.25) is 10.0 Å². The molecule has 0 aliphatic heterocycles. The van der Waals surface area contributed by atoms with Gasteiger partial charge in [-0.1, -0.05) is 30.3 Å². The largest absolute Gasteiger partial charge is 0.434 e. The smallest absolute Gasteiger partial charge is 0.235 e. The van der Waals surface area contributed by atoms with Crippen molar-refractivity contribution >= 4 is 16.2 Å². The highest BCUT2D eigenvalue weighted by Crippen LogP contribution is 2.43. The van der Waals surface area contributed by atoms with Crippen molar-refractivity contribution in [2.75, 3.05) is 0 Å². The molecule has 30 heavy (non-hydrogen) atoms. The van der Waals surface area contributed by atoms with Crippen LogP contribution in [0, 0.1) is 12.7 Å². The third kappa shape index (κ3) is 4.14. The van der Waals surface area contributed by atoms with Crippen LogP contribution in [-0.4, -0.2) is 18.2 Å². The summed E-state index contributed by atoms with van der Waals surface area (Å²) in [5.41, 5.74) is -0.979. The van der Waals surface area contributed by atoms with Gasteiger partial charge in [0, 0.05) is 17.3 Å². The van der Waals surface area contributed by atoms with E-state index >= 15 is 0 Å². The molecular weight excluding hydrogens is 422 g/mol. The molecule has 0 saturated heterocycles. The van der Waals surface area contributed by atoms with Crippen LogP contribution < -0.4 is 5.14 Å². The van der Waals surface area contributed by atoms with Gasteiger partial charge in [0.15, 0.2) is 5.69 Å². The van der Waals surface area contributed by atoms with Crippen LogP contribution in [-0.2, 0) is 16.2 Å². The Labute approximate surface area is 170 Å². The Balaban J connectivity index is 2.36. The monoisotopic (exact) mass is 439 g/mol. The van der Waals surface area contributed by atoms with Crippen LogP contribution in [0.5, 0.6) is 0 Å². The molecule has 0 atom stereocenters. The number of allylic oxidation sites excluding steroid dienone is 1. The highest BCUT2D eigenvalue weighted by Gasteiger charge is 2.40. The van der Waals surface area contributed by atoms with Crippen LogP contribution in [0.25, 0.3) is 28.6 Å². The SMILES string of the molecule is CC=Cn1nc(-c2ccc(S(N)(=O)=O)cc2)c(-c2ccc(C)c(F)c2)c1C(F)(F)F. The molecule has 0 radical (unpaired) electrons. The summed E-state index contributed by atoms with van der Waals surface area (Å²) in [7, 11) is -3.98. The summed E-state index contributed by atoms with van der Waals surface area (Å²) in [5, 5.41) is 9.14. The Morgan fingerprint density at radius 3 is 2.17 bits per heavy atom. The minimum atomic E-state index is -4.79. The quantitative estimate of drug-likeness (QED) is 0.592. The molecule has 2 aromatic carbocycles. The Morgan fingerprint density at radius 1 is 1.07 bits per heavy atom. The molecule has 0 saturated carbocycles. The van der Waals surface area contributed by atoms with Crippen LogP contribution in [0.1, 0.15) is 18.2 Å². The number of nitrogens with zero attached hydrogens (tertiary/aromatic N) is 2. The zero-order valence-corrected chi connectivity index (χ0v) is 16.7. The average Bonchev–Trinajstić information content (AvgIpc) is 3.03. The van der Waals surface area contributed by atoms with Gasteiger partial charge in [-0.25, -0.2) is 22.6 Å². The molecule has 0 unspecified atom stereocenters. The second kappa shape index (κ2) is 7.69. The maximum absolute atomic E-state index is 14.2. The summed E-state index contributed by atoms with van der Waals surface area (Å²) in [4.78, 5) is -0.196. The second-order valence-electron chi connectivity index (χ2n) is 6.53. The van der Waals surface area contributed by atoms with E-state index in [0.29, 0.717) is 4.68 Å². The van der Waals surface area contributed by atoms with Crippen LogP contribution in [0.2, 0.25) is 0 Å². The van der Waals surface area contributed by atoms with Crippen LogP contribution in [0.15, 0.2) is 53.4 Å². The maximum Gasteiger partial charge on any atom is 0.434 e. The van der Waals surface area contributed by atoms with Crippen molar-refractivity contribution in [2.24, 2.45) is 5.14 Å². The molecule has 2 N–H and O–H groups in total. The van der Waals surface area contributed by atoms with Gasteiger partial charge in [-0.15, -0.1) is 0 Å². The molecule has 0 fully saturated rings. The van der Waals surface area contributed by atoms with Crippen LogP contribution >= 0.6 is 0 Å². The molecule has 10 heteroatoms. The lowest BCUT2D eigenvalue weighted by molar-refractivity contribution is -0.142. The van der Waals surface area contributed by atoms with Crippen molar-refractivity contribution < 1.29 is 26.0 Å². The summed E-state index contributed by atoms with van der Waals surface area (Å²) in [6.07, 6.45) is -2.27. The highest BCUT2D eigenvalue weighted by atomic mass is 32.2. The van der Waals surface area contributed by atoms with Crippen molar-refractivity contribution in [3.8, 4) is 22.4 Å². The number of hydrogen-bond donors (Lipinski definition) is 1. The zero-order chi connectivity index (χ0) is 22.3. The Morgan fingerprint density at radius 2 is 1.67 bits per heavy atom. The summed E-state index contributed by atoms with van der Waals surface area (Å²) in [6.45, 7) is 3.04. The number of nitrogens with two attached hydrogens (primary N) is 1. The molecule has 0 aliphatic rings. The van der Waals surface area contributed by atoms with E-state index in [2.05, 4.69) is 5.10 Å². The molecule has 0 amide bonds. The Kier molecular flexibility index (Phi) is 5.57. The number of hydrogen-bond acceptors (Lipinski definition) is 3. The number of halogens is 4. The van der Waals surface area contributed by atoms with Crippen molar-refractivity contribution in [3.63, 3.8) is 0 Å². The minimum absolute atomic E-state index is 0.00768. The molecule has 3 rings (SSSR count). The van der Waals surface area contributed by atoms with Gasteiger partial charge in [0.25, 0.3) is 0 Å². The van der Waals surface area contributed by atoms with Gasteiger partial charge >= 0.3 is 6.18 Å². The van der Waals surface area contributed by atoms with E-state index < -0.39 is 27.7 Å². The van der Waals surface area contributed by atoms with E-state index in [9.17, 15) is 26.0 Å². The summed E-state index contributed by atoms with van der Waals surface area (Å²) < 4.78 is 79.7. The standard InChI is InChI=1S/C20H17F4N3O2S/c1-3-10-27-19(20(22,23)24)17(14-5-4-12(2)16(21)11-14)18(26-27)13-6-8-15(9-7-13)30(25,28)29/h3-11H,1-2H3,(H2,25,28,29). The fraction of sp³-hybridized carbons (Fsp3) is 0.150. The molecule has 5 nitrogen and oxygen atoms in total. The lowest BCUT2D eigenvalue weighted by Gasteiger charge is -2.12. The highest BCUT2D eigenvalue weighted by molar-refractivity contribution is 7.89. The first kappa shape index (κ1) is 21.7. The first-order valence-electron chi connectivity index (χ1n) is 8.65. The van der Waals surface area contributed by atoms with Gasteiger partial charge in [0.1, 0.15) is 11.5 Å². The Bertz CT molecular complexity index is 1230. The number of benzene rings is 2. The minimum Gasteiger partial charge on any atom is -0.235 e. The van der Waals surface area contributed by atoms with E-state index in [1.165, 1.54) is 56.3 Å². The molecular formula is C20H17F4N3O2S. The number of aryl methyl sites for hydroxylation is 1. The second-order valence-corrected chi connectivity index (χ2v) is 8.09. The topological polar surface area (TPSA) is 78.0 Å². The third-order valence-electron chi connectivity index (χ3n) is 4.39. The van der Waals surface area contributed by atoms with Crippen LogP contribution in [0.4, 0.5) is 17.6 Å². The van der Waals surface area contributed by atoms with Crippen molar-refractivity contribution in [3.05, 3.63) is 65.6 Å². The molecule has 1 heterocycles. The lowest BCUT2D eigenvalue weighted by atomic mass is 9.97. The van der Waals surface area contributed by atoms with Gasteiger partial charge in [-0.2, -0.15) is 18.3 Å². The molecule has 158 valence electrons. The van der Waals surface area contributed by atoms with E-state index in [4.69, 9.17) is 5.14 Å². The van der Waals surface area contributed by atoms with E-state index in [1.54, 1.807) is 0 Å². The molecule has 0 aliphatic carbocycles. The van der Waals surface area contributed by atoms with Crippen molar-refractivity contribution in [1.29, 1.82) is 0 Å². The average molecular weight is 439 g/mol. The molecule has 0 spiro atoms. The number of primary sulfonamides is 1. The summed E-state index contributed by atoms with van der Waals surface area (Å²) in [6, 6.07) is 8.73. The fourth-order valence-electron chi connectivity index (χ4n) is 2.98. The first-order valence-corrected chi connectivity index (χ1v) is 10.2. The normalized spacial score (nSPS) is 12.6. The first-order chi connectivity index (χ1) is 13.9. The maximum atomic E-state index is 14.2. The van der Waals surface area contributed by atoms with Gasteiger partial charge < -0.3 is 0 Å². The molecule has 3 aromatic rings. The summed E-state index contributed by atoms with van der Waals surface area (Å²) >= 11 is 0.